The minimum Gasteiger partial charge on any atom is -0.469 e. The molecule has 3 aromatic rings. The van der Waals surface area contributed by atoms with Gasteiger partial charge in [0.1, 0.15) is 17.1 Å². The summed E-state index contributed by atoms with van der Waals surface area (Å²) in [6.45, 7) is 3.98. The molecule has 0 N–H and O–H groups in total. The van der Waals surface area contributed by atoms with Crippen molar-refractivity contribution in [1.29, 1.82) is 0 Å². The standard InChI is InChI=1S/C16H17N3O4S/c1-4-21-15(20)12-6-8-23-13(12)9-24-16-18-17-14(19(16)3)11-5-7-22-10(11)2/h5-8H,4,9H2,1-3H3. The summed E-state index contributed by atoms with van der Waals surface area (Å²) in [5, 5.41) is 9.13. The third-order valence-corrected chi connectivity index (χ3v) is 4.53. The second-order valence-corrected chi connectivity index (χ2v) is 5.96. The van der Waals surface area contributed by atoms with Crippen LogP contribution >= 0.6 is 11.8 Å². The molecular formula is C16H17N3O4S. The van der Waals surface area contributed by atoms with Crippen LogP contribution in [0.3, 0.4) is 0 Å². The Kier molecular flexibility index (Phi) is 4.75. The molecular weight excluding hydrogens is 330 g/mol. The average Bonchev–Trinajstić information content (AvgIpc) is 3.26. The zero-order valence-electron chi connectivity index (χ0n) is 13.6. The SMILES string of the molecule is CCOC(=O)c1ccoc1CSc1nnc(-c2ccoc2C)n1C. The zero-order valence-corrected chi connectivity index (χ0v) is 14.4. The third kappa shape index (κ3) is 3.09. The summed E-state index contributed by atoms with van der Waals surface area (Å²) in [7, 11) is 1.89. The molecule has 7 nitrogen and oxygen atoms in total. The predicted molar refractivity (Wildman–Crippen MR) is 87.7 cm³/mol. The van der Waals surface area contributed by atoms with E-state index in [0.29, 0.717) is 23.7 Å². The Morgan fingerprint density at radius 3 is 2.79 bits per heavy atom. The van der Waals surface area contributed by atoms with Crippen LogP contribution in [0, 0.1) is 6.92 Å². The quantitative estimate of drug-likeness (QED) is 0.499. The molecule has 0 radical (unpaired) electrons. The highest BCUT2D eigenvalue weighted by Gasteiger charge is 2.19. The maximum absolute atomic E-state index is 11.9. The first-order chi connectivity index (χ1) is 11.6. The van der Waals surface area contributed by atoms with Gasteiger partial charge in [0, 0.05) is 7.05 Å². The summed E-state index contributed by atoms with van der Waals surface area (Å²) in [5.74, 6) is 2.15. The van der Waals surface area contributed by atoms with Crippen molar-refractivity contribution in [3.8, 4) is 11.4 Å². The third-order valence-electron chi connectivity index (χ3n) is 3.51. The van der Waals surface area contributed by atoms with Crippen LogP contribution in [0.5, 0.6) is 0 Å². The lowest BCUT2D eigenvalue weighted by molar-refractivity contribution is 0.0524. The number of hydrogen-bond donors (Lipinski definition) is 0. The van der Waals surface area contributed by atoms with Gasteiger partial charge in [-0.3, -0.25) is 0 Å². The van der Waals surface area contributed by atoms with Crippen molar-refractivity contribution < 1.29 is 18.4 Å². The molecule has 0 fully saturated rings. The summed E-state index contributed by atoms with van der Waals surface area (Å²) < 4.78 is 17.6. The van der Waals surface area contributed by atoms with E-state index in [4.69, 9.17) is 13.6 Å². The predicted octanol–water partition coefficient (Wildman–Crippen LogP) is 3.45. The number of ether oxygens (including phenoxy) is 1. The maximum atomic E-state index is 11.9. The fourth-order valence-corrected chi connectivity index (χ4v) is 3.13. The van der Waals surface area contributed by atoms with Gasteiger partial charge in [0.05, 0.1) is 30.4 Å². The first kappa shape index (κ1) is 16.4. The fraction of sp³-hybridized carbons (Fsp3) is 0.312. The Morgan fingerprint density at radius 1 is 1.29 bits per heavy atom. The monoisotopic (exact) mass is 347 g/mol. The normalized spacial score (nSPS) is 11.0. The lowest BCUT2D eigenvalue weighted by atomic mass is 10.2. The minimum absolute atomic E-state index is 0.327. The highest BCUT2D eigenvalue weighted by molar-refractivity contribution is 7.98. The van der Waals surface area contributed by atoms with Gasteiger partial charge >= 0.3 is 5.97 Å². The van der Waals surface area contributed by atoms with Gasteiger partial charge in [-0.15, -0.1) is 10.2 Å². The lowest BCUT2D eigenvalue weighted by Crippen LogP contribution is -2.05. The number of rotatable bonds is 6. The molecule has 3 aromatic heterocycles. The Bertz CT molecular complexity index is 849. The Balaban J connectivity index is 1.75. The van der Waals surface area contributed by atoms with Crippen LogP contribution < -0.4 is 0 Å². The number of carbonyl (C=O) groups is 1. The van der Waals surface area contributed by atoms with Crippen molar-refractivity contribution in [3.63, 3.8) is 0 Å². The van der Waals surface area contributed by atoms with Gasteiger partial charge in [0.2, 0.25) is 0 Å². The van der Waals surface area contributed by atoms with Crippen LogP contribution in [0.1, 0.15) is 28.8 Å². The Labute approximate surface area is 143 Å². The fourth-order valence-electron chi connectivity index (χ4n) is 2.27. The van der Waals surface area contributed by atoms with E-state index in [1.165, 1.54) is 18.0 Å². The van der Waals surface area contributed by atoms with Crippen LogP contribution in [0.2, 0.25) is 0 Å². The molecule has 0 aliphatic heterocycles. The number of carbonyl (C=O) groups excluding carboxylic acids is 1. The zero-order chi connectivity index (χ0) is 17.1. The van der Waals surface area contributed by atoms with Gasteiger partial charge in [0.25, 0.3) is 0 Å². The van der Waals surface area contributed by atoms with E-state index in [1.54, 1.807) is 19.3 Å². The summed E-state index contributed by atoms with van der Waals surface area (Å²) in [5.41, 5.74) is 1.35. The largest absolute Gasteiger partial charge is 0.469 e. The molecule has 0 aliphatic carbocycles. The van der Waals surface area contributed by atoms with Crippen molar-refractivity contribution in [3.05, 3.63) is 41.7 Å². The Hall–Kier alpha value is -2.48. The molecule has 8 heteroatoms. The first-order valence-corrected chi connectivity index (χ1v) is 8.40. The lowest BCUT2D eigenvalue weighted by Gasteiger charge is -2.04. The van der Waals surface area contributed by atoms with E-state index in [-0.39, 0.29) is 5.97 Å². The van der Waals surface area contributed by atoms with E-state index in [1.807, 2.05) is 24.6 Å². The van der Waals surface area contributed by atoms with Gasteiger partial charge in [-0.25, -0.2) is 4.79 Å². The van der Waals surface area contributed by atoms with Crippen molar-refractivity contribution >= 4 is 17.7 Å². The van der Waals surface area contributed by atoms with Crippen LogP contribution in [-0.4, -0.2) is 27.3 Å². The molecule has 3 heterocycles. The number of aryl methyl sites for hydroxylation is 1. The van der Waals surface area contributed by atoms with E-state index in [9.17, 15) is 4.79 Å². The number of aromatic nitrogens is 3. The summed E-state index contributed by atoms with van der Waals surface area (Å²) in [6, 6.07) is 3.48. The van der Waals surface area contributed by atoms with Gasteiger partial charge in [0.15, 0.2) is 11.0 Å². The molecule has 0 amide bonds. The molecule has 0 aromatic carbocycles. The molecule has 3 rings (SSSR count). The molecule has 0 spiro atoms. The summed E-state index contributed by atoms with van der Waals surface area (Å²) in [6.07, 6.45) is 3.11. The molecule has 0 atom stereocenters. The molecule has 126 valence electrons. The van der Waals surface area contributed by atoms with Crippen LogP contribution in [0.15, 0.2) is 38.6 Å². The van der Waals surface area contributed by atoms with Crippen LogP contribution in [0.4, 0.5) is 0 Å². The molecule has 0 unspecified atom stereocenters. The second-order valence-electron chi connectivity index (χ2n) is 5.02. The van der Waals surface area contributed by atoms with Crippen molar-refractivity contribution in [2.75, 3.05) is 6.61 Å². The molecule has 0 saturated heterocycles. The molecule has 0 bridgehead atoms. The maximum Gasteiger partial charge on any atom is 0.341 e. The minimum atomic E-state index is -0.380. The highest BCUT2D eigenvalue weighted by atomic mass is 32.2. The van der Waals surface area contributed by atoms with Crippen molar-refractivity contribution in [2.24, 2.45) is 7.05 Å². The number of hydrogen-bond acceptors (Lipinski definition) is 7. The van der Waals surface area contributed by atoms with Gasteiger partial charge in [-0.05, 0) is 26.0 Å². The van der Waals surface area contributed by atoms with Gasteiger partial charge in [-0.1, -0.05) is 11.8 Å². The van der Waals surface area contributed by atoms with E-state index in [0.717, 1.165) is 22.3 Å². The number of furan rings is 2. The van der Waals surface area contributed by atoms with E-state index in [2.05, 4.69) is 10.2 Å². The van der Waals surface area contributed by atoms with E-state index >= 15 is 0 Å². The Morgan fingerprint density at radius 2 is 2.08 bits per heavy atom. The van der Waals surface area contributed by atoms with Crippen LogP contribution in [-0.2, 0) is 17.5 Å². The second kappa shape index (κ2) is 6.96. The topological polar surface area (TPSA) is 83.3 Å². The van der Waals surface area contributed by atoms with Crippen LogP contribution in [0.25, 0.3) is 11.4 Å². The number of thioether (sulfide) groups is 1. The summed E-state index contributed by atoms with van der Waals surface area (Å²) >= 11 is 1.44. The number of esters is 1. The molecule has 0 aliphatic rings. The average molecular weight is 347 g/mol. The van der Waals surface area contributed by atoms with Crippen molar-refractivity contribution in [1.82, 2.24) is 14.8 Å². The first-order valence-electron chi connectivity index (χ1n) is 7.42. The smallest absolute Gasteiger partial charge is 0.341 e. The molecule has 0 saturated carbocycles. The molecule has 24 heavy (non-hydrogen) atoms. The highest BCUT2D eigenvalue weighted by Crippen LogP contribution is 2.28. The summed E-state index contributed by atoms with van der Waals surface area (Å²) in [4.78, 5) is 11.9. The van der Waals surface area contributed by atoms with Gasteiger partial charge < -0.3 is 18.1 Å². The van der Waals surface area contributed by atoms with Crippen molar-refractivity contribution in [2.45, 2.75) is 24.8 Å². The number of nitrogens with zero attached hydrogens (tertiary/aromatic N) is 3. The van der Waals surface area contributed by atoms with E-state index < -0.39 is 0 Å². The van der Waals surface area contributed by atoms with Gasteiger partial charge in [-0.2, -0.15) is 0 Å².